The predicted octanol–water partition coefficient (Wildman–Crippen LogP) is 1.99. The molecule has 0 aliphatic heterocycles. The summed E-state index contributed by atoms with van der Waals surface area (Å²) < 4.78 is 4.54. The molecule has 0 aliphatic rings. The van der Waals surface area contributed by atoms with Crippen LogP contribution in [-0.2, 0) is 20.7 Å². The molecule has 1 N–H and O–H groups in total. The predicted molar refractivity (Wildman–Crippen MR) is 73.8 cm³/mol. The smallest absolute Gasteiger partial charge is 0.311 e. The second kappa shape index (κ2) is 8.27. The molecule has 0 aromatic carbocycles. The minimum Gasteiger partial charge on any atom is -0.469 e. The van der Waals surface area contributed by atoms with Gasteiger partial charge in [0.15, 0.2) is 5.13 Å². The van der Waals surface area contributed by atoms with Gasteiger partial charge in [0.05, 0.1) is 19.2 Å². The first kappa shape index (κ1) is 15.2. The van der Waals surface area contributed by atoms with Gasteiger partial charge in [0, 0.05) is 18.2 Å². The van der Waals surface area contributed by atoms with Gasteiger partial charge in [-0.05, 0) is 12.8 Å². The fourth-order valence-electron chi connectivity index (χ4n) is 1.36. The van der Waals surface area contributed by atoms with Crippen molar-refractivity contribution < 1.29 is 14.3 Å². The van der Waals surface area contributed by atoms with Crippen LogP contribution in [0.1, 0.15) is 31.4 Å². The Labute approximate surface area is 116 Å². The van der Waals surface area contributed by atoms with Crippen molar-refractivity contribution in [1.82, 2.24) is 4.98 Å². The molecule has 0 atom stereocenters. The number of hydrogen-bond donors (Lipinski definition) is 1. The third-order valence-electron chi connectivity index (χ3n) is 2.33. The fourth-order valence-corrected chi connectivity index (χ4v) is 2.09. The number of carbonyl (C=O) groups is 2. The number of amides is 1. The molecule has 1 aromatic rings. The first-order valence-electron chi connectivity index (χ1n) is 5.90. The van der Waals surface area contributed by atoms with E-state index in [2.05, 4.69) is 21.0 Å². The number of ether oxygens (including phenoxy) is 1. The minimum absolute atomic E-state index is 0.0870. The van der Waals surface area contributed by atoms with E-state index in [1.807, 2.05) is 0 Å². The number of nitrogens with zero attached hydrogens (tertiary/aromatic N) is 1. The third kappa shape index (κ3) is 6.02. The molecule has 1 amide bonds. The molecular weight excluding hydrogens is 264 g/mol. The van der Waals surface area contributed by atoms with Crippen molar-refractivity contribution in [3.8, 4) is 12.3 Å². The molecule has 1 aromatic heterocycles. The zero-order valence-electron chi connectivity index (χ0n) is 10.8. The second-order valence-corrected chi connectivity index (χ2v) is 4.71. The van der Waals surface area contributed by atoms with E-state index in [1.54, 1.807) is 5.38 Å². The lowest BCUT2D eigenvalue weighted by atomic mass is 10.2. The summed E-state index contributed by atoms with van der Waals surface area (Å²) in [5, 5.41) is 4.92. The Kier molecular flexibility index (Phi) is 6.61. The van der Waals surface area contributed by atoms with Crippen molar-refractivity contribution in [2.45, 2.75) is 32.1 Å². The molecule has 0 aliphatic carbocycles. The van der Waals surface area contributed by atoms with Crippen molar-refractivity contribution in [1.29, 1.82) is 0 Å². The number of esters is 1. The summed E-state index contributed by atoms with van der Waals surface area (Å²) in [6, 6.07) is 0. The van der Waals surface area contributed by atoms with Crippen LogP contribution in [0.3, 0.4) is 0 Å². The highest BCUT2D eigenvalue weighted by Crippen LogP contribution is 2.16. The molecule has 0 radical (unpaired) electrons. The van der Waals surface area contributed by atoms with Gasteiger partial charge in [-0.2, -0.15) is 0 Å². The largest absolute Gasteiger partial charge is 0.469 e. The Balaban J connectivity index is 2.35. The average molecular weight is 280 g/mol. The number of terminal acetylenes is 1. The molecule has 1 heterocycles. The van der Waals surface area contributed by atoms with E-state index < -0.39 is 0 Å². The van der Waals surface area contributed by atoms with E-state index >= 15 is 0 Å². The van der Waals surface area contributed by atoms with Crippen molar-refractivity contribution in [2.24, 2.45) is 0 Å². The van der Waals surface area contributed by atoms with Gasteiger partial charge in [0.2, 0.25) is 5.91 Å². The quantitative estimate of drug-likeness (QED) is 0.471. The zero-order chi connectivity index (χ0) is 14.1. The van der Waals surface area contributed by atoms with Gasteiger partial charge >= 0.3 is 5.97 Å². The van der Waals surface area contributed by atoms with E-state index in [-0.39, 0.29) is 18.3 Å². The number of rotatable bonds is 7. The molecule has 0 unspecified atom stereocenters. The molecule has 6 heteroatoms. The van der Waals surface area contributed by atoms with E-state index in [4.69, 9.17) is 6.42 Å². The standard InChI is InChI=1S/C13H16N2O3S/c1-3-4-5-6-7-11(16)15-13-14-10(9-19-13)8-12(17)18-2/h1,9H,4-8H2,2H3,(H,14,15,16). The van der Waals surface area contributed by atoms with Gasteiger partial charge < -0.3 is 10.1 Å². The van der Waals surface area contributed by atoms with Crippen molar-refractivity contribution in [3.05, 3.63) is 11.1 Å². The van der Waals surface area contributed by atoms with Crippen LogP contribution >= 0.6 is 11.3 Å². The molecule has 102 valence electrons. The van der Waals surface area contributed by atoms with Crippen molar-refractivity contribution >= 4 is 28.3 Å². The van der Waals surface area contributed by atoms with Gasteiger partial charge in [-0.25, -0.2) is 4.98 Å². The van der Waals surface area contributed by atoms with Gasteiger partial charge in [-0.1, -0.05) is 0 Å². The maximum absolute atomic E-state index is 11.6. The van der Waals surface area contributed by atoms with Gasteiger partial charge in [0.25, 0.3) is 0 Å². The second-order valence-electron chi connectivity index (χ2n) is 3.86. The molecular formula is C13H16N2O3S. The van der Waals surface area contributed by atoms with E-state index in [0.29, 0.717) is 23.7 Å². The Morgan fingerprint density at radius 1 is 1.53 bits per heavy atom. The number of aromatic nitrogens is 1. The summed E-state index contributed by atoms with van der Waals surface area (Å²) in [6.07, 6.45) is 7.96. The molecule has 0 fully saturated rings. The van der Waals surface area contributed by atoms with Crippen LogP contribution < -0.4 is 5.32 Å². The number of methoxy groups -OCH3 is 1. The SMILES string of the molecule is C#CCCCCC(=O)Nc1nc(CC(=O)OC)cs1. The van der Waals surface area contributed by atoms with Gasteiger partial charge in [-0.3, -0.25) is 9.59 Å². The number of hydrogen-bond acceptors (Lipinski definition) is 5. The van der Waals surface area contributed by atoms with Crippen molar-refractivity contribution in [2.75, 3.05) is 12.4 Å². The van der Waals surface area contributed by atoms with Crippen LogP contribution in [0.25, 0.3) is 0 Å². The highest BCUT2D eigenvalue weighted by Gasteiger charge is 2.09. The summed E-state index contributed by atoms with van der Waals surface area (Å²) in [5.41, 5.74) is 0.597. The van der Waals surface area contributed by atoms with Gasteiger partial charge in [0.1, 0.15) is 0 Å². The fraction of sp³-hybridized carbons (Fsp3) is 0.462. The Morgan fingerprint density at radius 3 is 3.00 bits per heavy atom. The lowest BCUT2D eigenvalue weighted by molar-refractivity contribution is -0.139. The third-order valence-corrected chi connectivity index (χ3v) is 3.13. The number of thiazole rings is 1. The first-order valence-corrected chi connectivity index (χ1v) is 6.78. The number of anilines is 1. The number of nitrogens with one attached hydrogen (secondary N) is 1. The highest BCUT2D eigenvalue weighted by atomic mass is 32.1. The monoisotopic (exact) mass is 280 g/mol. The summed E-state index contributed by atoms with van der Waals surface area (Å²) in [4.78, 5) is 26.8. The first-order chi connectivity index (χ1) is 9.15. The Hall–Kier alpha value is -1.87. The zero-order valence-corrected chi connectivity index (χ0v) is 11.6. The molecule has 0 bridgehead atoms. The van der Waals surface area contributed by atoms with Crippen LogP contribution in [0, 0.1) is 12.3 Å². The topological polar surface area (TPSA) is 68.3 Å². The lowest BCUT2D eigenvalue weighted by Gasteiger charge is -2.00. The number of carbonyl (C=O) groups excluding carboxylic acids is 2. The Morgan fingerprint density at radius 2 is 2.32 bits per heavy atom. The Bertz CT molecular complexity index is 476. The van der Waals surface area contributed by atoms with Crippen LogP contribution in [-0.4, -0.2) is 24.0 Å². The van der Waals surface area contributed by atoms with Crippen LogP contribution in [0.5, 0.6) is 0 Å². The van der Waals surface area contributed by atoms with Crippen molar-refractivity contribution in [3.63, 3.8) is 0 Å². The highest BCUT2D eigenvalue weighted by molar-refractivity contribution is 7.13. The molecule has 0 saturated carbocycles. The van der Waals surface area contributed by atoms with Crippen LogP contribution in [0.15, 0.2) is 5.38 Å². The average Bonchev–Trinajstić information content (AvgIpc) is 2.81. The van der Waals surface area contributed by atoms with E-state index in [1.165, 1.54) is 18.4 Å². The summed E-state index contributed by atoms with van der Waals surface area (Å²) in [5.74, 6) is 2.10. The normalized spacial score (nSPS) is 9.68. The molecule has 19 heavy (non-hydrogen) atoms. The molecule has 1 rings (SSSR count). The number of unbranched alkanes of at least 4 members (excludes halogenated alkanes) is 2. The maximum Gasteiger partial charge on any atom is 0.311 e. The molecule has 0 spiro atoms. The summed E-state index contributed by atoms with van der Waals surface area (Å²) in [7, 11) is 1.33. The van der Waals surface area contributed by atoms with Crippen LogP contribution in [0.2, 0.25) is 0 Å². The molecule has 5 nitrogen and oxygen atoms in total. The van der Waals surface area contributed by atoms with E-state index in [9.17, 15) is 9.59 Å². The van der Waals surface area contributed by atoms with Crippen LogP contribution in [0.4, 0.5) is 5.13 Å². The maximum atomic E-state index is 11.6. The van der Waals surface area contributed by atoms with Gasteiger partial charge in [-0.15, -0.1) is 23.7 Å². The van der Waals surface area contributed by atoms with E-state index in [0.717, 1.165) is 12.8 Å². The lowest BCUT2D eigenvalue weighted by Crippen LogP contribution is -2.11. The summed E-state index contributed by atoms with van der Waals surface area (Å²) in [6.45, 7) is 0. The molecule has 0 saturated heterocycles. The summed E-state index contributed by atoms with van der Waals surface area (Å²) >= 11 is 1.29. The minimum atomic E-state index is -0.350.